The zero-order valence-electron chi connectivity index (χ0n) is 8.56. The Morgan fingerprint density at radius 2 is 2.20 bits per heavy atom. The number of nitro groups is 1. The maximum atomic E-state index is 10.9. The van der Waals surface area contributed by atoms with Gasteiger partial charge in [-0.2, -0.15) is 0 Å². The van der Waals surface area contributed by atoms with Crippen molar-refractivity contribution in [1.82, 2.24) is 0 Å². The van der Waals surface area contributed by atoms with Crippen molar-refractivity contribution in [2.24, 2.45) is 5.84 Å². The zero-order chi connectivity index (χ0) is 11.4. The molecule has 82 valence electrons. The molecular weight excluding hydrogens is 214 g/mol. The summed E-state index contributed by atoms with van der Waals surface area (Å²) in [7, 11) is 0. The van der Waals surface area contributed by atoms with E-state index in [1.54, 1.807) is 18.2 Å². The van der Waals surface area contributed by atoms with Crippen LogP contribution in [0.3, 0.4) is 0 Å². The van der Waals surface area contributed by atoms with Gasteiger partial charge in [0.15, 0.2) is 0 Å². The lowest BCUT2D eigenvalue weighted by atomic mass is 10.3. The molecule has 1 aromatic rings. The summed E-state index contributed by atoms with van der Waals surface area (Å²) in [6, 6.07) is 5.05. The minimum atomic E-state index is -0.417. The number of hydrogen-bond donors (Lipinski definition) is 2. The first-order chi connectivity index (χ1) is 7.06. The van der Waals surface area contributed by atoms with Gasteiger partial charge >= 0.3 is 5.69 Å². The Bertz CT molecular complexity index is 368. The smallest absolute Gasteiger partial charge is 0.307 e. The van der Waals surface area contributed by atoms with Crippen molar-refractivity contribution in [1.29, 1.82) is 0 Å². The molecule has 0 aliphatic heterocycles. The van der Waals surface area contributed by atoms with Gasteiger partial charge in [0.05, 0.1) is 9.82 Å². The largest absolute Gasteiger partial charge is 0.318 e. The molecule has 0 aliphatic carbocycles. The van der Waals surface area contributed by atoms with Crippen molar-refractivity contribution < 1.29 is 4.92 Å². The molecule has 5 nitrogen and oxygen atoms in total. The van der Waals surface area contributed by atoms with E-state index in [0.29, 0.717) is 10.6 Å². The summed E-state index contributed by atoms with van der Waals surface area (Å²) in [5.74, 6) is 5.22. The van der Waals surface area contributed by atoms with Gasteiger partial charge in [0.25, 0.3) is 0 Å². The van der Waals surface area contributed by atoms with E-state index in [4.69, 9.17) is 5.84 Å². The van der Waals surface area contributed by atoms with Crippen molar-refractivity contribution in [2.45, 2.75) is 24.0 Å². The fourth-order valence-corrected chi connectivity index (χ4v) is 2.14. The summed E-state index contributed by atoms with van der Waals surface area (Å²) >= 11 is 1.45. The third-order valence-electron chi connectivity index (χ3n) is 1.70. The lowest BCUT2D eigenvalue weighted by molar-refractivity contribution is -0.386. The van der Waals surface area contributed by atoms with Crippen LogP contribution in [0.5, 0.6) is 0 Å². The number of nitrogens with two attached hydrogens (primary N) is 1. The molecule has 0 amide bonds. The van der Waals surface area contributed by atoms with Crippen molar-refractivity contribution in [3.05, 3.63) is 28.3 Å². The number of hydrogen-bond acceptors (Lipinski definition) is 5. The van der Waals surface area contributed by atoms with Gasteiger partial charge in [-0.15, -0.1) is 11.8 Å². The van der Waals surface area contributed by atoms with Crippen LogP contribution >= 0.6 is 11.8 Å². The van der Waals surface area contributed by atoms with Gasteiger partial charge in [0, 0.05) is 5.25 Å². The monoisotopic (exact) mass is 227 g/mol. The number of nitrogens with one attached hydrogen (secondary N) is 1. The van der Waals surface area contributed by atoms with Gasteiger partial charge in [-0.3, -0.25) is 16.0 Å². The Labute approximate surface area is 92.2 Å². The number of hydrazine groups is 1. The average Bonchev–Trinajstić information content (AvgIpc) is 2.15. The zero-order valence-corrected chi connectivity index (χ0v) is 9.38. The van der Waals surface area contributed by atoms with Gasteiger partial charge in [-0.25, -0.2) is 0 Å². The molecule has 0 saturated heterocycles. The number of nitrogens with zero attached hydrogens (tertiary/aromatic N) is 1. The number of thioether (sulfide) groups is 1. The highest BCUT2D eigenvalue weighted by molar-refractivity contribution is 8.00. The van der Waals surface area contributed by atoms with E-state index in [2.05, 4.69) is 5.43 Å². The van der Waals surface area contributed by atoms with Crippen LogP contribution in [0.1, 0.15) is 13.8 Å². The standard InChI is InChI=1S/C9H13N3O2S/c1-6(2)15-8-5-3-4-7(11-10)9(8)12(13)14/h3-6,11H,10H2,1-2H3. The molecule has 1 rings (SSSR count). The van der Waals surface area contributed by atoms with E-state index in [1.165, 1.54) is 11.8 Å². The maximum absolute atomic E-state index is 10.9. The molecule has 0 fully saturated rings. The Hall–Kier alpha value is -1.27. The molecule has 0 aliphatic rings. The highest BCUT2D eigenvalue weighted by Gasteiger charge is 2.19. The predicted octanol–water partition coefficient (Wildman–Crippen LogP) is 2.38. The molecule has 0 bridgehead atoms. The summed E-state index contributed by atoms with van der Waals surface area (Å²) in [4.78, 5) is 11.1. The fourth-order valence-electron chi connectivity index (χ4n) is 1.18. The van der Waals surface area contributed by atoms with E-state index >= 15 is 0 Å². The quantitative estimate of drug-likeness (QED) is 0.357. The van der Waals surface area contributed by atoms with Gasteiger partial charge in [0.2, 0.25) is 0 Å². The molecule has 0 spiro atoms. The van der Waals surface area contributed by atoms with Crippen LogP contribution in [0.25, 0.3) is 0 Å². The predicted molar refractivity (Wildman–Crippen MR) is 61.9 cm³/mol. The van der Waals surface area contributed by atoms with Gasteiger partial charge in [-0.1, -0.05) is 19.9 Å². The number of nitrogen functional groups attached to an aromatic ring is 1. The summed E-state index contributed by atoms with van der Waals surface area (Å²) in [6.45, 7) is 3.97. The third kappa shape index (κ3) is 2.84. The molecule has 0 saturated carbocycles. The average molecular weight is 227 g/mol. The Balaban J connectivity index is 3.19. The van der Waals surface area contributed by atoms with E-state index in [0.717, 1.165) is 0 Å². The minimum absolute atomic E-state index is 0.0405. The Morgan fingerprint density at radius 3 is 2.67 bits per heavy atom. The van der Waals surface area contributed by atoms with Crippen LogP contribution < -0.4 is 11.3 Å². The first-order valence-electron chi connectivity index (χ1n) is 4.47. The van der Waals surface area contributed by atoms with E-state index in [9.17, 15) is 10.1 Å². The van der Waals surface area contributed by atoms with E-state index < -0.39 is 4.92 Å². The molecule has 0 atom stereocenters. The summed E-state index contributed by atoms with van der Waals surface area (Å²) in [5.41, 5.74) is 2.71. The molecule has 3 N–H and O–H groups in total. The van der Waals surface area contributed by atoms with Crippen molar-refractivity contribution in [3.63, 3.8) is 0 Å². The molecule has 15 heavy (non-hydrogen) atoms. The highest BCUT2D eigenvalue weighted by atomic mass is 32.2. The SMILES string of the molecule is CC(C)Sc1cccc(NN)c1[N+](=O)[O-]. The summed E-state index contributed by atoms with van der Waals surface area (Å²) in [6.07, 6.45) is 0. The van der Waals surface area contributed by atoms with Crippen LogP contribution in [-0.2, 0) is 0 Å². The van der Waals surface area contributed by atoms with Crippen LogP contribution in [0.15, 0.2) is 23.1 Å². The Kier molecular flexibility index (Phi) is 3.93. The molecule has 6 heteroatoms. The molecule has 1 aromatic carbocycles. The van der Waals surface area contributed by atoms with Crippen molar-refractivity contribution in [3.8, 4) is 0 Å². The second-order valence-electron chi connectivity index (χ2n) is 3.22. The maximum Gasteiger partial charge on any atom is 0.307 e. The fraction of sp³-hybridized carbons (Fsp3) is 0.333. The number of nitro benzene ring substituents is 1. The second-order valence-corrected chi connectivity index (χ2v) is 4.84. The van der Waals surface area contributed by atoms with Crippen LogP contribution in [-0.4, -0.2) is 10.2 Å². The molecule has 0 aromatic heterocycles. The molecular formula is C9H13N3O2S. The third-order valence-corrected chi connectivity index (χ3v) is 2.75. The second kappa shape index (κ2) is 4.99. The summed E-state index contributed by atoms with van der Waals surface area (Å²) in [5, 5.41) is 11.2. The van der Waals surface area contributed by atoms with Crippen LogP contribution in [0, 0.1) is 10.1 Å². The first kappa shape index (κ1) is 11.8. The number of para-hydroxylation sites is 1. The lowest BCUT2D eigenvalue weighted by Crippen LogP contribution is -2.09. The molecule has 0 heterocycles. The number of rotatable bonds is 4. The normalized spacial score (nSPS) is 10.4. The number of benzene rings is 1. The van der Waals surface area contributed by atoms with Gasteiger partial charge in [0.1, 0.15) is 5.69 Å². The van der Waals surface area contributed by atoms with E-state index in [-0.39, 0.29) is 10.9 Å². The van der Waals surface area contributed by atoms with Crippen LogP contribution in [0.2, 0.25) is 0 Å². The van der Waals surface area contributed by atoms with Gasteiger partial charge in [-0.05, 0) is 12.1 Å². The van der Waals surface area contributed by atoms with Crippen LogP contribution in [0.4, 0.5) is 11.4 Å². The van der Waals surface area contributed by atoms with Crippen molar-refractivity contribution >= 4 is 23.1 Å². The van der Waals surface area contributed by atoms with Crippen molar-refractivity contribution in [2.75, 3.05) is 5.43 Å². The lowest BCUT2D eigenvalue weighted by Gasteiger charge is -2.08. The first-order valence-corrected chi connectivity index (χ1v) is 5.35. The number of anilines is 1. The highest BCUT2D eigenvalue weighted by Crippen LogP contribution is 2.36. The van der Waals surface area contributed by atoms with E-state index in [1.807, 2.05) is 13.8 Å². The summed E-state index contributed by atoms with van der Waals surface area (Å²) < 4.78 is 0. The Morgan fingerprint density at radius 1 is 1.53 bits per heavy atom. The topological polar surface area (TPSA) is 81.2 Å². The van der Waals surface area contributed by atoms with Gasteiger partial charge < -0.3 is 5.43 Å². The molecule has 0 radical (unpaired) electrons. The minimum Gasteiger partial charge on any atom is -0.318 e. The molecule has 0 unspecified atom stereocenters.